The summed E-state index contributed by atoms with van der Waals surface area (Å²) in [5.74, 6) is 5.50. The number of hydrogen-bond acceptors (Lipinski definition) is 4. The van der Waals surface area contributed by atoms with Gasteiger partial charge in [-0.25, -0.2) is 0 Å². The Bertz CT molecular complexity index is 939. The van der Waals surface area contributed by atoms with E-state index in [1.54, 1.807) is 0 Å². The summed E-state index contributed by atoms with van der Waals surface area (Å²) >= 11 is 0. The van der Waals surface area contributed by atoms with Crippen LogP contribution in [0.4, 0.5) is 0 Å². The van der Waals surface area contributed by atoms with E-state index in [4.69, 9.17) is 8.83 Å². The van der Waals surface area contributed by atoms with Crippen LogP contribution in [0.15, 0.2) is 21.0 Å². The second kappa shape index (κ2) is 8.36. The van der Waals surface area contributed by atoms with Crippen molar-refractivity contribution in [1.82, 2.24) is 0 Å². The van der Waals surface area contributed by atoms with Crippen LogP contribution in [-0.2, 0) is 23.9 Å². The number of fused-ring (bicyclic) bond motifs is 2. The molecule has 32 heavy (non-hydrogen) atoms. The smallest absolute Gasteiger partial charge is 0.110 e. The van der Waals surface area contributed by atoms with Gasteiger partial charge in [0.25, 0.3) is 0 Å². The molecule has 0 spiro atoms. The molecule has 2 aliphatic rings. The maximum Gasteiger partial charge on any atom is 0.110 e. The van der Waals surface area contributed by atoms with Crippen LogP contribution in [0.5, 0.6) is 0 Å². The van der Waals surface area contributed by atoms with E-state index in [0.29, 0.717) is 17.8 Å². The largest absolute Gasteiger partial charge is 0.465 e. The third kappa shape index (κ3) is 4.59. The van der Waals surface area contributed by atoms with E-state index < -0.39 is 11.7 Å². The first-order valence-corrected chi connectivity index (χ1v) is 12.5. The zero-order valence-electron chi connectivity index (χ0n) is 21.0. The van der Waals surface area contributed by atoms with E-state index in [1.165, 1.54) is 0 Å². The summed E-state index contributed by atoms with van der Waals surface area (Å²) in [5, 5.41) is 22.0. The van der Waals surface area contributed by atoms with E-state index in [-0.39, 0.29) is 11.3 Å². The molecule has 2 aromatic heterocycles. The van der Waals surface area contributed by atoms with Gasteiger partial charge in [0.05, 0.1) is 11.7 Å². The minimum atomic E-state index is -0.818. The van der Waals surface area contributed by atoms with Gasteiger partial charge in [0, 0.05) is 35.3 Å². The zero-order valence-corrected chi connectivity index (χ0v) is 21.0. The molecule has 5 atom stereocenters. The van der Waals surface area contributed by atoms with E-state index in [1.807, 2.05) is 6.92 Å². The van der Waals surface area contributed by atoms with Gasteiger partial charge in [0.1, 0.15) is 23.0 Å². The van der Waals surface area contributed by atoms with E-state index in [2.05, 4.69) is 53.7 Å². The molecule has 4 rings (SSSR count). The molecule has 4 heteroatoms. The first-order chi connectivity index (χ1) is 14.8. The van der Waals surface area contributed by atoms with Crippen molar-refractivity contribution in [3.8, 4) is 0 Å². The third-order valence-electron chi connectivity index (χ3n) is 7.91. The Morgan fingerprint density at radius 2 is 1.84 bits per heavy atom. The van der Waals surface area contributed by atoms with E-state index in [0.717, 1.165) is 72.7 Å². The fourth-order valence-electron chi connectivity index (χ4n) is 5.72. The summed E-state index contributed by atoms with van der Waals surface area (Å²) < 4.78 is 12.5. The Labute approximate surface area is 193 Å². The third-order valence-corrected chi connectivity index (χ3v) is 7.91. The molecule has 2 N–H and O–H groups in total. The molecule has 0 radical (unpaired) electrons. The molecule has 178 valence electrons. The minimum Gasteiger partial charge on any atom is -0.465 e. The lowest BCUT2D eigenvalue weighted by Crippen LogP contribution is -2.33. The highest BCUT2D eigenvalue weighted by Crippen LogP contribution is 2.45. The standard InChI is InChI=1S/C28H42O4/c1-16(2)19-12-25-21(28(7,30)15-19)14-24(31-25)17(3)10-18-8-9-23-20(22(29)11-18)13-26(32-23)27(4,5)6/h13-14,16-19,22,29-30H,8-12,15H2,1-7H3. The number of furan rings is 2. The Kier molecular flexibility index (Phi) is 6.17. The highest BCUT2D eigenvalue weighted by molar-refractivity contribution is 5.32. The van der Waals surface area contributed by atoms with Gasteiger partial charge >= 0.3 is 0 Å². The topological polar surface area (TPSA) is 66.7 Å². The fourth-order valence-corrected chi connectivity index (χ4v) is 5.72. The molecule has 0 saturated carbocycles. The van der Waals surface area contributed by atoms with Crippen LogP contribution < -0.4 is 0 Å². The molecular weight excluding hydrogens is 400 g/mol. The molecule has 0 aromatic carbocycles. The Morgan fingerprint density at radius 1 is 1.12 bits per heavy atom. The normalized spacial score (nSPS) is 29.5. The maximum atomic E-state index is 11.1. The van der Waals surface area contributed by atoms with Crippen LogP contribution in [0, 0.1) is 17.8 Å². The van der Waals surface area contributed by atoms with Crippen molar-refractivity contribution in [3.05, 3.63) is 46.3 Å². The van der Waals surface area contributed by atoms with Crippen LogP contribution >= 0.6 is 0 Å². The summed E-state index contributed by atoms with van der Waals surface area (Å²) in [5.41, 5.74) is 1.09. The summed E-state index contributed by atoms with van der Waals surface area (Å²) in [6, 6.07) is 4.17. The van der Waals surface area contributed by atoms with Crippen molar-refractivity contribution >= 4 is 0 Å². The first kappa shape index (κ1) is 23.6. The highest BCUT2D eigenvalue weighted by atomic mass is 16.4. The highest BCUT2D eigenvalue weighted by Gasteiger charge is 2.39. The van der Waals surface area contributed by atoms with Gasteiger partial charge in [-0.2, -0.15) is 0 Å². The predicted molar refractivity (Wildman–Crippen MR) is 127 cm³/mol. The molecule has 2 aliphatic carbocycles. The maximum absolute atomic E-state index is 11.1. The van der Waals surface area contributed by atoms with E-state index >= 15 is 0 Å². The van der Waals surface area contributed by atoms with Gasteiger partial charge in [-0.15, -0.1) is 0 Å². The number of aryl methyl sites for hydroxylation is 1. The second-order valence-corrected chi connectivity index (χ2v) is 12.2. The van der Waals surface area contributed by atoms with Gasteiger partial charge in [-0.1, -0.05) is 41.5 Å². The molecule has 4 nitrogen and oxygen atoms in total. The Morgan fingerprint density at radius 3 is 2.50 bits per heavy atom. The molecule has 0 saturated heterocycles. The summed E-state index contributed by atoms with van der Waals surface area (Å²) in [6.07, 6.45) is 4.85. The molecule has 5 unspecified atom stereocenters. The van der Waals surface area contributed by atoms with Crippen LogP contribution in [0.3, 0.4) is 0 Å². The first-order valence-electron chi connectivity index (χ1n) is 12.5. The van der Waals surface area contributed by atoms with Gasteiger partial charge in [-0.3, -0.25) is 0 Å². The lowest BCUT2D eigenvalue weighted by Gasteiger charge is -2.35. The Balaban J connectivity index is 1.46. The van der Waals surface area contributed by atoms with Crippen LogP contribution in [0.1, 0.15) is 120 Å². The summed E-state index contributed by atoms with van der Waals surface area (Å²) in [4.78, 5) is 0. The lowest BCUT2D eigenvalue weighted by molar-refractivity contribution is 0.00868. The number of rotatable bonds is 4. The second-order valence-electron chi connectivity index (χ2n) is 12.2. The van der Waals surface area contributed by atoms with Crippen molar-refractivity contribution < 1.29 is 19.0 Å². The van der Waals surface area contributed by atoms with Crippen LogP contribution in [0.2, 0.25) is 0 Å². The van der Waals surface area contributed by atoms with Crippen molar-refractivity contribution in [1.29, 1.82) is 0 Å². The fraction of sp³-hybridized carbons (Fsp3) is 0.714. The molecule has 0 fully saturated rings. The monoisotopic (exact) mass is 442 g/mol. The average molecular weight is 443 g/mol. The summed E-state index contributed by atoms with van der Waals surface area (Å²) in [7, 11) is 0. The molecule has 2 heterocycles. The molecular formula is C28H42O4. The van der Waals surface area contributed by atoms with Gasteiger partial charge in [0.2, 0.25) is 0 Å². The number of aliphatic hydroxyl groups excluding tert-OH is 1. The molecule has 0 amide bonds. The molecule has 2 aromatic rings. The van der Waals surface area contributed by atoms with E-state index in [9.17, 15) is 10.2 Å². The number of hydrogen-bond donors (Lipinski definition) is 2. The van der Waals surface area contributed by atoms with Gasteiger partial charge < -0.3 is 19.0 Å². The molecule has 0 aliphatic heterocycles. The quantitative estimate of drug-likeness (QED) is 0.512. The van der Waals surface area contributed by atoms with Crippen molar-refractivity contribution in [2.45, 2.75) is 110 Å². The Hall–Kier alpha value is -1.52. The van der Waals surface area contributed by atoms with Gasteiger partial charge in [-0.05, 0) is 62.5 Å². The van der Waals surface area contributed by atoms with Crippen LogP contribution in [0.25, 0.3) is 0 Å². The van der Waals surface area contributed by atoms with Crippen molar-refractivity contribution in [3.63, 3.8) is 0 Å². The lowest BCUT2D eigenvalue weighted by atomic mass is 9.73. The van der Waals surface area contributed by atoms with Crippen molar-refractivity contribution in [2.24, 2.45) is 17.8 Å². The summed E-state index contributed by atoms with van der Waals surface area (Å²) in [6.45, 7) is 15.0. The average Bonchev–Trinajstić information content (AvgIpc) is 3.27. The zero-order chi connectivity index (χ0) is 23.4. The SMILES string of the molecule is CC(CC1CCc2oc(C(C)(C)C)cc2C(O)C1)c1cc2c(o1)CC(C(C)C)CC2(C)O. The van der Waals surface area contributed by atoms with Gasteiger partial charge in [0.15, 0.2) is 0 Å². The van der Waals surface area contributed by atoms with Crippen molar-refractivity contribution in [2.75, 3.05) is 0 Å². The number of aliphatic hydroxyl groups is 2. The predicted octanol–water partition coefficient (Wildman–Crippen LogP) is 6.78. The minimum absolute atomic E-state index is 0.0476. The molecule has 0 bridgehead atoms. The van der Waals surface area contributed by atoms with Crippen LogP contribution in [-0.4, -0.2) is 10.2 Å².